The Hall–Kier alpha value is -1.66. The van der Waals surface area contributed by atoms with Crippen LogP contribution in [0.1, 0.15) is 38.7 Å². The molecule has 6 heteroatoms. The second-order valence-electron chi connectivity index (χ2n) is 7.96. The largest absolute Gasteiger partial charge is 0.497 e. The molecule has 2 fully saturated rings. The molecule has 1 aromatic carbocycles. The lowest BCUT2D eigenvalue weighted by molar-refractivity contribution is -0.141. The summed E-state index contributed by atoms with van der Waals surface area (Å²) in [5.41, 5.74) is 0.713. The first-order chi connectivity index (χ1) is 13.5. The Bertz CT molecular complexity index is 665. The van der Waals surface area contributed by atoms with Gasteiger partial charge in [0.1, 0.15) is 11.6 Å². The van der Waals surface area contributed by atoms with Crippen molar-refractivity contribution in [3.05, 3.63) is 29.6 Å². The first-order valence-corrected chi connectivity index (χ1v) is 10.6. The highest BCUT2D eigenvalue weighted by atomic mass is 19.1. The molecule has 2 aliphatic heterocycles. The topological polar surface area (TPSA) is 36.0 Å². The van der Waals surface area contributed by atoms with E-state index in [-0.39, 0.29) is 5.82 Å². The predicted molar refractivity (Wildman–Crippen MR) is 109 cm³/mol. The minimum Gasteiger partial charge on any atom is -0.497 e. The van der Waals surface area contributed by atoms with E-state index >= 15 is 0 Å². The van der Waals surface area contributed by atoms with E-state index in [0.29, 0.717) is 42.1 Å². The number of hydrogen-bond acceptors (Lipinski definition) is 4. The predicted octanol–water partition coefficient (Wildman–Crippen LogP) is 2.99. The number of fused-ring (bicyclic) bond motifs is 1. The Morgan fingerprint density at radius 1 is 1.25 bits per heavy atom. The van der Waals surface area contributed by atoms with Crippen molar-refractivity contribution < 1.29 is 13.9 Å². The van der Waals surface area contributed by atoms with Gasteiger partial charge in [-0.05, 0) is 37.9 Å². The zero-order valence-corrected chi connectivity index (χ0v) is 17.5. The van der Waals surface area contributed by atoms with Crippen molar-refractivity contribution in [3.63, 3.8) is 0 Å². The summed E-state index contributed by atoms with van der Waals surface area (Å²) in [6, 6.07) is 5.44. The third-order valence-corrected chi connectivity index (χ3v) is 6.43. The van der Waals surface area contributed by atoms with Gasteiger partial charge in [-0.2, -0.15) is 0 Å². The number of likely N-dealkylation sites (tertiary alicyclic amines) is 2. The van der Waals surface area contributed by atoms with Crippen LogP contribution in [0.2, 0.25) is 0 Å². The van der Waals surface area contributed by atoms with Crippen molar-refractivity contribution in [3.8, 4) is 5.75 Å². The quantitative estimate of drug-likeness (QED) is 0.683. The smallest absolute Gasteiger partial charge is 0.222 e. The van der Waals surface area contributed by atoms with Gasteiger partial charge in [0, 0.05) is 56.8 Å². The summed E-state index contributed by atoms with van der Waals surface area (Å²) >= 11 is 0. The molecule has 2 atom stereocenters. The normalized spacial score (nSPS) is 23.2. The number of amides is 1. The molecule has 0 spiro atoms. The molecule has 2 saturated heterocycles. The monoisotopic (exact) mass is 391 g/mol. The van der Waals surface area contributed by atoms with Crippen molar-refractivity contribution >= 4 is 5.91 Å². The van der Waals surface area contributed by atoms with E-state index in [1.807, 2.05) is 12.1 Å². The standard InChI is InChI=1S/C22H34FN3O2/c1-4-24(5-2)12-13-26-21-10-11-25(16-18(21)7-9-22(26)27)15-17-6-8-19(28-3)14-20(17)23/h6,8,14,18,21H,4-5,7,9-13,15-16H2,1-3H3/t18-,21+/m1/s1. The third-order valence-electron chi connectivity index (χ3n) is 6.43. The number of methoxy groups -OCH3 is 1. The number of hydrogen-bond donors (Lipinski definition) is 0. The molecule has 28 heavy (non-hydrogen) atoms. The fourth-order valence-corrected chi connectivity index (χ4v) is 4.67. The Balaban J connectivity index is 1.60. The second-order valence-corrected chi connectivity index (χ2v) is 7.96. The number of ether oxygens (including phenoxy) is 1. The van der Waals surface area contributed by atoms with E-state index < -0.39 is 0 Å². The molecule has 2 heterocycles. The average molecular weight is 392 g/mol. The summed E-state index contributed by atoms with van der Waals surface area (Å²) in [6.45, 7) is 10.6. The van der Waals surface area contributed by atoms with Gasteiger partial charge in [-0.15, -0.1) is 0 Å². The molecule has 0 aromatic heterocycles. The van der Waals surface area contributed by atoms with E-state index in [2.05, 4.69) is 28.5 Å². The molecule has 1 aromatic rings. The van der Waals surface area contributed by atoms with Crippen LogP contribution in [0.4, 0.5) is 4.39 Å². The minimum absolute atomic E-state index is 0.207. The maximum absolute atomic E-state index is 14.3. The minimum atomic E-state index is -0.207. The van der Waals surface area contributed by atoms with Gasteiger partial charge in [0.15, 0.2) is 0 Å². The molecular formula is C22H34FN3O2. The van der Waals surface area contributed by atoms with Crippen molar-refractivity contribution in [2.24, 2.45) is 5.92 Å². The maximum Gasteiger partial charge on any atom is 0.222 e. The molecule has 0 unspecified atom stereocenters. The molecule has 3 rings (SSSR count). The van der Waals surface area contributed by atoms with Gasteiger partial charge in [-0.25, -0.2) is 4.39 Å². The number of nitrogens with zero attached hydrogens (tertiary/aromatic N) is 3. The number of carbonyl (C=O) groups excluding carboxylic acids is 1. The van der Waals surface area contributed by atoms with E-state index in [1.165, 1.54) is 6.07 Å². The van der Waals surface area contributed by atoms with Gasteiger partial charge in [0.2, 0.25) is 5.91 Å². The van der Waals surface area contributed by atoms with E-state index in [0.717, 1.165) is 52.1 Å². The lowest BCUT2D eigenvalue weighted by atomic mass is 9.83. The molecule has 0 radical (unpaired) electrons. The van der Waals surface area contributed by atoms with Crippen LogP contribution in [0.3, 0.4) is 0 Å². The molecule has 0 bridgehead atoms. The molecule has 156 valence electrons. The number of halogens is 1. The zero-order valence-electron chi connectivity index (χ0n) is 17.5. The SMILES string of the molecule is CCN(CC)CCN1C(=O)CC[C@@H]2CN(Cc3ccc(OC)cc3F)CC[C@@H]21. The highest BCUT2D eigenvalue weighted by molar-refractivity contribution is 5.77. The summed E-state index contributed by atoms with van der Waals surface area (Å²) in [7, 11) is 1.55. The number of likely N-dealkylation sites (N-methyl/N-ethyl adjacent to an activating group) is 1. The third kappa shape index (κ3) is 4.84. The lowest BCUT2D eigenvalue weighted by Gasteiger charge is -2.47. The summed E-state index contributed by atoms with van der Waals surface area (Å²) in [5, 5.41) is 0. The van der Waals surface area contributed by atoms with Crippen molar-refractivity contribution in [1.82, 2.24) is 14.7 Å². The fourth-order valence-electron chi connectivity index (χ4n) is 4.67. The molecular weight excluding hydrogens is 357 g/mol. The molecule has 2 aliphatic rings. The Morgan fingerprint density at radius 2 is 2.04 bits per heavy atom. The van der Waals surface area contributed by atoms with Gasteiger partial charge in [0.05, 0.1) is 7.11 Å². The molecule has 0 saturated carbocycles. The molecule has 5 nitrogen and oxygen atoms in total. The van der Waals surface area contributed by atoms with E-state index in [9.17, 15) is 9.18 Å². The average Bonchev–Trinajstić information content (AvgIpc) is 2.71. The van der Waals surface area contributed by atoms with Crippen LogP contribution in [-0.2, 0) is 11.3 Å². The number of benzene rings is 1. The number of carbonyl (C=O) groups is 1. The zero-order chi connectivity index (χ0) is 20.1. The van der Waals surface area contributed by atoms with Gasteiger partial charge < -0.3 is 14.5 Å². The summed E-state index contributed by atoms with van der Waals surface area (Å²) in [6.07, 6.45) is 2.57. The Morgan fingerprint density at radius 3 is 2.71 bits per heavy atom. The van der Waals surface area contributed by atoms with Crippen molar-refractivity contribution in [2.75, 3.05) is 46.4 Å². The Kier molecular flexibility index (Phi) is 7.30. The highest BCUT2D eigenvalue weighted by Crippen LogP contribution is 2.32. The summed E-state index contributed by atoms with van der Waals surface area (Å²) in [4.78, 5) is 19.4. The first kappa shape index (κ1) is 21.1. The van der Waals surface area contributed by atoms with Crippen LogP contribution in [0, 0.1) is 11.7 Å². The summed E-state index contributed by atoms with van der Waals surface area (Å²) in [5.74, 6) is 1.14. The van der Waals surface area contributed by atoms with Crippen LogP contribution in [0.15, 0.2) is 18.2 Å². The van der Waals surface area contributed by atoms with Gasteiger partial charge in [-0.3, -0.25) is 9.69 Å². The number of piperidine rings is 2. The molecule has 0 aliphatic carbocycles. The highest BCUT2D eigenvalue weighted by Gasteiger charge is 2.39. The van der Waals surface area contributed by atoms with Crippen LogP contribution < -0.4 is 4.74 Å². The van der Waals surface area contributed by atoms with Crippen molar-refractivity contribution in [1.29, 1.82) is 0 Å². The van der Waals surface area contributed by atoms with Crippen LogP contribution in [0.5, 0.6) is 5.75 Å². The summed E-state index contributed by atoms with van der Waals surface area (Å²) < 4.78 is 19.4. The van der Waals surface area contributed by atoms with Crippen LogP contribution in [0.25, 0.3) is 0 Å². The van der Waals surface area contributed by atoms with Crippen LogP contribution >= 0.6 is 0 Å². The van der Waals surface area contributed by atoms with Gasteiger partial charge in [0.25, 0.3) is 0 Å². The number of rotatable bonds is 8. The fraction of sp³-hybridized carbons (Fsp3) is 0.682. The maximum atomic E-state index is 14.3. The van der Waals surface area contributed by atoms with E-state index in [1.54, 1.807) is 7.11 Å². The van der Waals surface area contributed by atoms with Crippen LogP contribution in [-0.4, -0.2) is 73.0 Å². The first-order valence-electron chi connectivity index (χ1n) is 10.6. The lowest BCUT2D eigenvalue weighted by Crippen LogP contribution is -2.57. The molecule has 0 N–H and O–H groups in total. The van der Waals surface area contributed by atoms with E-state index in [4.69, 9.17) is 4.74 Å². The second kappa shape index (κ2) is 9.70. The van der Waals surface area contributed by atoms with Crippen molar-refractivity contribution in [2.45, 2.75) is 45.7 Å². The molecule has 1 amide bonds. The Labute approximate surface area is 168 Å². The van der Waals surface area contributed by atoms with Gasteiger partial charge in [-0.1, -0.05) is 19.9 Å². The van der Waals surface area contributed by atoms with Gasteiger partial charge >= 0.3 is 0 Å².